The van der Waals surface area contributed by atoms with Crippen LogP contribution < -0.4 is 10.6 Å². The second kappa shape index (κ2) is 9.74. The number of aryl methyl sites for hydroxylation is 1. The predicted octanol–water partition coefficient (Wildman–Crippen LogP) is 4.26. The Morgan fingerprint density at radius 1 is 0.935 bits per heavy atom. The third kappa shape index (κ3) is 6.39. The van der Waals surface area contributed by atoms with Gasteiger partial charge in [0.25, 0.3) is 5.91 Å². The molecule has 0 fully saturated rings. The maximum atomic E-state index is 12.6. The highest BCUT2D eigenvalue weighted by Crippen LogP contribution is 2.29. The molecule has 2 N–H and O–H groups in total. The van der Waals surface area contributed by atoms with Crippen molar-refractivity contribution in [3.63, 3.8) is 0 Å². The van der Waals surface area contributed by atoms with Crippen LogP contribution in [-0.2, 0) is 30.5 Å². The maximum absolute atomic E-state index is 12.6. The van der Waals surface area contributed by atoms with Crippen molar-refractivity contribution >= 4 is 23.2 Å². The van der Waals surface area contributed by atoms with E-state index in [9.17, 15) is 22.8 Å². The summed E-state index contributed by atoms with van der Waals surface area (Å²) in [6.45, 7) is 2.20. The smallest absolute Gasteiger partial charge is 0.352 e. The minimum atomic E-state index is -4.39. The molecule has 0 spiro atoms. The Balaban J connectivity index is 1.52. The summed E-state index contributed by atoms with van der Waals surface area (Å²) in [4.78, 5) is 29.4. The number of alkyl halides is 3. The molecule has 9 heteroatoms. The molecule has 1 heterocycles. The number of halogens is 3. The zero-order valence-electron chi connectivity index (χ0n) is 16.6. The van der Waals surface area contributed by atoms with E-state index < -0.39 is 11.7 Å². The highest BCUT2D eigenvalue weighted by Gasteiger charge is 2.29. The van der Waals surface area contributed by atoms with Crippen molar-refractivity contribution in [2.75, 3.05) is 0 Å². The largest absolute Gasteiger partial charge is 0.416 e. The number of aromatic nitrogens is 1. The standard InChI is InChI=1S/C22H20F3N3O2S/c1-14-20(21(30)27-13-15-5-3-2-4-6-15)31-19(28-14)11-18(29)26-12-16-7-9-17(10-8-16)22(23,24)25/h2-10H,11-13H2,1H3,(H,26,29)(H,27,30). The van der Waals surface area contributed by atoms with Crippen LogP contribution in [0, 0.1) is 6.92 Å². The molecule has 31 heavy (non-hydrogen) atoms. The van der Waals surface area contributed by atoms with E-state index in [1.54, 1.807) is 6.92 Å². The van der Waals surface area contributed by atoms with Crippen LogP contribution in [0.4, 0.5) is 13.2 Å². The Morgan fingerprint density at radius 2 is 1.55 bits per heavy atom. The number of rotatable bonds is 7. The van der Waals surface area contributed by atoms with Crippen LogP contribution in [0.15, 0.2) is 54.6 Å². The van der Waals surface area contributed by atoms with Gasteiger partial charge in [-0.2, -0.15) is 13.2 Å². The lowest BCUT2D eigenvalue weighted by Crippen LogP contribution is -2.24. The number of carbonyl (C=O) groups excluding carboxylic acids is 2. The number of benzene rings is 2. The van der Waals surface area contributed by atoms with E-state index >= 15 is 0 Å². The summed E-state index contributed by atoms with van der Waals surface area (Å²) in [6, 6.07) is 14.1. The quantitative estimate of drug-likeness (QED) is 0.569. The van der Waals surface area contributed by atoms with Crippen molar-refractivity contribution in [3.8, 4) is 0 Å². The zero-order valence-corrected chi connectivity index (χ0v) is 17.4. The highest BCUT2D eigenvalue weighted by molar-refractivity contribution is 7.13. The summed E-state index contributed by atoms with van der Waals surface area (Å²) in [6.07, 6.45) is -4.41. The molecule has 3 rings (SSSR count). The molecular formula is C22H20F3N3O2S. The third-order valence-corrected chi connectivity index (χ3v) is 5.58. The lowest BCUT2D eigenvalue weighted by atomic mass is 10.1. The average molecular weight is 447 g/mol. The van der Waals surface area contributed by atoms with Crippen molar-refractivity contribution < 1.29 is 22.8 Å². The van der Waals surface area contributed by atoms with Crippen LogP contribution in [0.1, 0.15) is 37.1 Å². The summed E-state index contributed by atoms with van der Waals surface area (Å²) in [5, 5.41) is 5.98. The average Bonchev–Trinajstić information content (AvgIpc) is 3.11. The molecule has 0 bridgehead atoms. The van der Waals surface area contributed by atoms with Gasteiger partial charge in [-0.1, -0.05) is 42.5 Å². The van der Waals surface area contributed by atoms with Crippen LogP contribution in [0.3, 0.4) is 0 Å². The van der Waals surface area contributed by atoms with Crippen LogP contribution >= 0.6 is 11.3 Å². The number of hydrogen-bond donors (Lipinski definition) is 2. The summed E-state index contributed by atoms with van der Waals surface area (Å²) in [5.41, 5.74) is 1.33. The predicted molar refractivity (Wildman–Crippen MR) is 111 cm³/mol. The molecule has 0 radical (unpaired) electrons. The molecule has 0 aliphatic carbocycles. The van der Waals surface area contributed by atoms with Gasteiger partial charge in [-0.3, -0.25) is 9.59 Å². The first kappa shape index (κ1) is 22.5. The molecule has 0 atom stereocenters. The second-order valence-electron chi connectivity index (χ2n) is 6.84. The number of nitrogens with one attached hydrogen (secondary N) is 2. The van der Waals surface area contributed by atoms with E-state index in [0.717, 1.165) is 29.0 Å². The van der Waals surface area contributed by atoms with Crippen LogP contribution in [-0.4, -0.2) is 16.8 Å². The topological polar surface area (TPSA) is 71.1 Å². The lowest BCUT2D eigenvalue weighted by molar-refractivity contribution is -0.137. The van der Waals surface area contributed by atoms with Crippen molar-refractivity contribution in [2.24, 2.45) is 0 Å². The Labute approximate surface area is 181 Å². The molecule has 0 unspecified atom stereocenters. The maximum Gasteiger partial charge on any atom is 0.416 e. The number of carbonyl (C=O) groups is 2. The second-order valence-corrected chi connectivity index (χ2v) is 7.92. The number of thiazole rings is 1. The highest BCUT2D eigenvalue weighted by atomic mass is 32.1. The van der Waals surface area contributed by atoms with Gasteiger partial charge in [0.15, 0.2) is 0 Å². The SMILES string of the molecule is Cc1nc(CC(=O)NCc2ccc(C(F)(F)F)cc2)sc1C(=O)NCc1ccccc1. The summed E-state index contributed by atoms with van der Waals surface area (Å²) >= 11 is 1.15. The van der Waals surface area contributed by atoms with Gasteiger partial charge >= 0.3 is 6.18 Å². The number of amides is 2. The fourth-order valence-corrected chi connectivity index (χ4v) is 3.79. The first-order valence-electron chi connectivity index (χ1n) is 9.43. The number of nitrogens with zero attached hydrogens (tertiary/aromatic N) is 1. The molecule has 0 saturated carbocycles. The molecule has 0 aliphatic heterocycles. The normalized spacial score (nSPS) is 11.2. The third-order valence-electron chi connectivity index (χ3n) is 4.43. The van der Waals surface area contributed by atoms with Gasteiger partial charge in [0.2, 0.25) is 5.91 Å². The van der Waals surface area contributed by atoms with Crippen molar-refractivity contribution in [2.45, 2.75) is 32.6 Å². The molecule has 5 nitrogen and oxygen atoms in total. The summed E-state index contributed by atoms with van der Waals surface area (Å²) in [7, 11) is 0. The molecular weight excluding hydrogens is 427 g/mol. The van der Waals surface area contributed by atoms with E-state index in [1.165, 1.54) is 12.1 Å². The lowest BCUT2D eigenvalue weighted by Gasteiger charge is -2.08. The Hall–Kier alpha value is -3.20. The van der Waals surface area contributed by atoms with Gasteiger partial charge in [-0.25, -0.2) is 4.98 Å². The first-order chi connectivity index (χ1) is 14.7. The van der Waals surface area contributed by atoms with Gasteiger partial charge < -0.3 is 10.6 Å². The molecule has 0 aliphatic rings. The zero-order chi connectivity index (χ0) is 22.4. The van der Waals surface area contributed by atoms with Crippen LogP contribution in [0.2, 0.25) is 0 Å². The van der Waals surface area contributed by atoms with Gasteiger partial charge in [0, 0.05) is 13.1 Å². The Kier molecular flexibility index (Phi) is 7.06. The van der Waals surface area contributed by atoms with E-state index in [-0.39, 0.29) is 24.8 Å². The van der Waals surface area contributed by atoms with E-state index in [0.29, 0.717) is 27.7 Å². The van der Waals surface area contributed by atoms with Crippen molar-refractivity contribution in [3.05, 3.63) is 86.9 Å². The van der Waals surface area contributed by atoms with E-state index in [4.69, 9.17) is 0 Å². The minimum Gasteiger partial charge on any atom is -0.352 e. The van der Waals surface area contributed by atoms with Gasteiger partial charge in [-0.15, -0.1) is 11.3 Å². The summed E-state index contributed by atoms with van der Waals surface area (Å²) < 4.78 is 37.8. The molecule has 2 aromatic carbocycles. The van der Waals surface area contributed by atoms with E-state index in [1.807, 2.05) is 30.3 Å². The van der Waals surface area contributed by atoms with Crippen molar-refractivity contribution in [1.82, 2.24) is 15.6 Å². The van der Waals surface area contributed by atoms with Gasteiger partial charge in [-0.05, 0) is 30.2 Å². The summed E-state index contributed by atoms with van der Waals surface area (Å²) in [5.74, 6) is -0.583. The van der Waals surface area contributed by atoms with Gasteiger partial charge in [0.05, 0.1) is 17.7 Å². The fraction of sp³-hybridized carbons (Fsp3) is 0.227. The molecule has 1 aromatic heterocycles. The fourth-order valence-electron chi connectivity index (χ4n) is 2.81. The first-order valence-corrected chi connectivity index (χ1v) is 10.3. The Morgan fingerprint density at radius 3 is 2.19 bits per heavy atom. The van der Waals surface area contributed by atoms with Crippen LogP contribution in [0.25, 0.3) is 0 Å². The minimum absolute atomic E-state index is 0.0158. The molecule has 2 amide bonds. The Bertz CT molecular complexity index is 1050. The molecule has 3 aromatic rings. The monoisotopic (exact) mass is 447 g/mol. The van der Waals surface area contributed by atoms with Crippen molar-refractivity contribution in [1.29, 1.82) is 0 Å². The number of hydrogen-bond acceptors (Lipinski definition) is 4. The molecule has 0 saturated heterocycles. The molecule has 162 valence electrons. The van der Waals surface area contributed by atoms with Crippen LogP contribution in [0.5, 0.6) is 0 Å². The van der Waals surface area contributed by atoms with Gasteiger partial charge in [0.1, 0.15) is 9.88 Å². The van der Waals surface area contributed by atoms with E-state index in [2.05, 4.69) is 15.6 Å².